The molecule has 140 valence electrons. The molecule has 0 N–H and O–H groups in total. The van der Waals surface area contributed by atoms with Gasteiger partial charge in [-0.1, -0.05) is 12.1 Å². The second-order valence-corrected chi connectivity index (χ2v) is 7.43. The van der Waals surface area contributed by atoms with Crippen LogP contribution in [-0.2, 0) is 7.05 Å². The molecule has 0 aliphatic rings. The fraction of sp³-hybridized carbons (Fsp3) is 0.0833. The maximum absolute atomic E-state index is 13.6. The molecule has 2 aromatic carbocycles. The van der Waals surface area contributed by atoms with Gasteiger partial charge in [-0.15, -0.1) is 0 Å². The summed E-state index contributed by atoms with van der Waals surface area (Å²) in [6.45, 7) is 2.07. The van der Waals surface area contributed by atoms with Crippen molar-refractivity contribution in [2.75, 3.05) is 0 Å². The third kappa shape index (κ3) is 2.18. The van der Waals surface area contributed by atoms with Gasteiger partial charge in [-0.05, 0) is 55.5 Å². The summed E-state index contributed by atoms with van der Waals surface area (Å²) in [7, 11) is 2.06. The van der Waals surface area contributed by atoms with E-state index in [1.165, 1.54) is 16.8 Å². The van der Waals surface area contributed by atoms with Gasteiger partial charge in [0.1, 0.15) is 16.8 Å². The van der Waals surface area contributed by atoms with Crippen LogP contribution in [0.4, 0.5) is 4.39 Å². The second kappa shape index (κ2) is 5.64. The quantitative estimate of drug-likeness (QED) is 0.284. The smallest absolute Gasteiger partial charge is 0.294 e. The van der Waals surface area contributed by atoms with Crippen molar-refractivity contribution in [1.29, 1.82) is 0 Å². The van der Waals surface area contributed by atoms with Crippen molar-refractivity contribution in [3.05, 3.63) is 78.4 Å². The van der Waals surface area contributed by atoms with Crippen LogP contribution in [0.5, 0.6) is 0 Å². The Morgan fingerprint density at radius 3 is 2.66 bits per heavy atom. The average molecular weight is 382 g/mol. The Bertz CT molecular complexity index is 1590. The van der Waals surface area contributed by atoms with E-state index in [1.54, 1.807) is 6.07 Å². The molecule has 5 heteroatoms. The van der Waals surface area contributed by atoms with Gasteiger partial charge in [-0.25, -0.2) is 4.57 Å². The predicted molar refractivity (Wildman–Crippen MR) is 112 cm³/mol. The maximum atomic E-state index is 13.6. The molecule has 6 aromatic rings. The zero-order valence-corrected chi connectivity index (χ0v) is 16.0. The summed E-state index contributed by atoms with van der Waals surface area (Å²) in [5, 5.41) is 4.15. The van der Waals surface area contributed by atoms with Gasteiger partial charge in [-0.2, -0.15) is 13.9 Å². The fourth-order valence-corrected chi connectivity index (χ4v) is 4.36. The molecule has 0 radical (unpaired) electrons. The van der Waals surface area contributed by atoms with Crippen LogP contribution in [0.2, 0.25) is 0 Å². The first-order valence-corrected chi connectivity index (χ1v) is 9.49. The lowest BCUT2D eigenvalue weighted by Crippen LogP contribution is -2.30. The van der Waals surface area contributed by atoms with Gasteiger partial charge in [0.2, 0.25) is 11.7 Å². The SMILES string of the molecule is Cc1cc2oc3nc(F)ccc3c2cc1-n1c2ccccc2c2ccc[n+](C)c21. The summed E-state index contributed by atoms with van der Waals surface area (Å²) in [5.74, 6) is -0.539. The molecule has 4 heterocycles. The van der Waals surface area contributed by atoms with Crippen molar-refractivity contribution in [1.82, 2.24) is 9.55 Å². The van der Waals surface area contributed by atoms with Gasteiger partial charge >= 0.3 is 0 Å². The van der Waals surface area contributed by atoms with Gasteiger partial charge in [-0.3, -0.25) is 0 Å². The summed E-state index contributed by atoms with van der Waals surface area (Å²) in [4.78, 5) is 3.90. The minimum atomic E-state index is -0.539. The molecule has 0 saturated heterocycles. The van der Waals surface area contributed by atoms with E-state index in [0.29, 0.717) is 11.3 Å². The van der Waals surface area contributed by atoms with Gasteiger partial charge in [0.25, 0.3) is 5.65 Å². The van der Waals surface area contributed by atoms with E-state index in [9.17, 15) is 4.39 Å². The second-order valence-electron chi connectivity index (χ2n) is 7.43. The van der Waals surface area contributed by atoms with Crippen molar-refractivity contribution in [3.8, 4) is 5.69 Å². The summed E-state index contributed by atoms with van der Waals surface area (Å²) in [5.41, 5.74) is 5.44. The van der Waals surface area contributed by atoms with Crippen LogP contribution in [0.3, 0.4) is 0 Å². The van der Waals surface area contributed by atoms with Gasteiger partial charge in [0.15, 0.2) is 0 Å². The van der Waals surface area contributed by atoms with Crippen LogP contribution < -0.4 is 4.57 Å². The van der Waals surface area contributed by atoms with Crippen molar-refractivity contribution < 1.29 is 13.4 Å². The number of pyridine rings is 2. The standard InChI is InChI=1S/C24H17FN3O/c1-14-12-21-18(16-9-10-22(25)26-23(16)29-21)13-20(14)28-19-8-4-3-6-15(19)17-7-5-11-27(2)24(17)28/h3-13H,1-2H3/q+1. The van der Waals surface area contributed by atoms with Crippen LogP contribution >= 0.6 is 0 Å². The first-order valence-electron chi connectivity index (χ1n) is 9.49. The van der Waals surface area contributed by atoms with Gasteiger partial charge in [0, 0.05) is 21.7 Å². The minimum absolute atomic E-state index is 0.323. The number of furan rings is 1. The number of hydrogen-bond acceptors (Lipinski definition) is 2. The molecule has 0 fully saturated rings. The molecule has 0 aliphatic carbocycles. The molecule has 29 heavy (non-hydrogen) atoms. The number of rotatable bonds is 1. The van der Waals surface area contributed by atoms with Crippen LogP contribution in [0.25, 0.3) is 49.7 Å². The van der Waals surface area contributed by atoms with Crippen molar-refractivity contribution in [3.63, 3.8) is 0 Å². The Morgan fingerprint density at radius 2 is 1.76 bits per heavy atom. The van der Waals surface area contributed by atoms with E-state index in [4.69, 9.17) is 4.42 Å². The molecular weight excluding hydrogens is 365 g/mol. The zero-order chi connectivity index (χ0) is 19.7. The number of aryl methyl sites for hydroxylation is 2. The highest BCUT2D eigenvalue weighted by Crippen LogP contribution is 2.35. The third-order valence-electron chi connectivity index (χ3n) is 5.66. The maximum Gasteiger partial charge on any atom is 0.294 e. The average Bonchev–Trinajstić information content (AvgIpc) is 3.23. The fourth-order valence-electron chi connectivity index (χ4n) is 4.36. The normalized spacial score (nSPS) is 12.0. The number of halogens is 1. The number of fused-ring (bicyclic) bond motifs is 6. The molecule has 4 nitrogen and oxygen atoms in total. The Labute approximate surface area is 165 Å². The molecule has 0 amide bonds. The molecule has 6 rings (SSSR count). The summed E-state index contributed by atoms with van der Waals surface area (Å²) < 4.78 is 23.8. The highest BCUT2D eigenvalue weighted by atomic mass is 19.1. The van der Waals surface area contributed by atoms with E-state index in [1.807, 2.05) is 6.07 Å². The topological polar surface area (TPSA) is 34.8 Å². The molecular formula is C24H17FN3O+. The minimum Gasteiger partial charge on any atom is -0.438 e. The molecule has 0 atom stereocenters. The monoisotopic (exact) mass is 382 g/mol. The zero-order valence-electron chi connectivity index (χ0n) is 16.0. The first kappa shape index (κ1) is 16.2. The Morgan fingerprint density at radius 1 is 0.931 bits per heavy atom. The van der Waals surface area contributed by atoms with E-state index in [-0.39, 0.29) is 0 Å². The Balaban J connectivity index is 1.79. The van der Waals surface area contributed by atoms with Crippen LogP contribution in [0, 0.1) is 12.9 Å². The highest BCUT2D eigenvalue weighted by molar-refractivity contribution is 6.08. The third-order valence-corrected chi connectivity index (χ3v) is 5.66. The number of benzene rings is 2. The number of hydrogen-bond donors (Lipinski definition) is 0. The molecule has 0 unspecified atom stereocenters. The molecule has 4 aromatic heterocycles. The predicted octanol–water partition coefficient (Wildman–Crippen LogP) is 5.35. The Kier molecular flexibility index (Phi) is 3.16. The first-order chi connectivity index (χ1) is 14.1. The highest BCUT2D eigenvalue weighted by Gasteiger charge is 2.23. The van der Waals surface area contributed by atoms with E-state index in [2.05, 4.69) is 76.8 Å². The lowest BCUT2D eigenvalue weighted by atomic mass is 10.1. The van der Waals surface area contributed by atoms with E-state index >= 15 is 0 Å². The lowest BCUT2D eigenvalue weighted by Gasteiger charge is -2.06. The van der Waals surface area contributed by atoms with Gasteiger partial charge in [0.05, 0.1) is 18.6 Å². The summed E-state index contributed by atoms with van der Waals surface area (Å²) >= 11 is 0. The van der Waals surface area contributed by atoms with Crippen LogP contribution in [-0.4, -0.2) is 9.55 Å². The van der Waals surface area contributed by atoms with Crippen molar-refractivity contribution >= 4 is 44.0 Å². The molecule has 0 aliphatic heterocycles. The van der Waals surface area contributed by atoms with Crippen LogP contribution in [0.1, 0.15) is 5.56 Å². The molecule has 0 bridgehead atoms. The summed E-state index contributed by atoms with van der Waals surface area (Å²) in [6.07, 6.45) is 2.06. The van der Waals surface area contributed by atoms with Crippen molar-refractivity contribution in [2.24, 2.45) is 7.05 Å². The summed E-state index contributed by atoms with van der Waals surface area (Å²) in [6, 6.07) is 19.9. The molecule has 0 saturated carbocycles. The van der Waals surface area contributed by atoms with E-state index < -0.39 is 5.95 Å². The number of nitrogens with zero attached hydrogens (tertiary/aromatic N) is 3. The lowest BCUT2D eigenvalue weighted by molar-refractivity contribution is -0.647. The van der Waals surface area contributed by atoms with E-state index in [0.717, 1.165) is 33.2 Å². The largest absolute Gasteiger partial charge is 0.438 e. The van der Waals surface area contributed by atoms with Gasteiger partial charge < -0.3 is 4.42 Å². The molecule has 0 spiro atoms. The number of aromatic nitrogens is 3. The number of para-hydroxylation sites is 1. The Hall–Kier alpha value is -3.73. The van der Waals surface area contributed by atoms with Crippen molar-refractivity contribution in [2.45, 2.75) is 6.92 Å². The van der Waals surface area contributed by atoms with Crippen LogP contribution in [0.15, 0.2) is 71.3 Å².